The van der Waals surface area contributed by atoms with Gasteiger partial charge in [-0.15, -0.1) is 11.3 Å². The van der Waals surface area contributed by atoms with Gasteiger partial charge in [0.25, 0.3) is 0 Å². The van der Waals surface area contributed by atoms with E-state index < -0.39 is 0 Å². The molecule has 0 saturated heterocycles. The Labute approximate surface area is 123 Å². The van der Waals surface area contributed by atoms with Crippen molar-refractivity contribution >= 4 is 22.9 Å². The first kappa shape index (κ1) is 14.4. The first-order chi connectivity index (χ1) is 9.15. The first-order valence-electron chi connectivity index (χ1n) is 6.29. The maximum absolute atomic E-state index is 6.22. The van der Waals surface area contributed by atoms with E-state index in [1.165, 1.54) is 9.75 Å². The Hall–Kier alpha value is -1.03. The summed E-state index contributed by atoms with van der Waals surface area (Å²) in [6.45, 7) is 5.14. The highest BCUT2D eigenvalue weighted by Crippen LogP contribution is 2.32. The largest absolute Gasteiger partial charge is 0.495 e. The Bertz CT molecular complexity index is 553. The third kappa shape index (κ3) is 3.30. The minimum absolute atomic E-state index is 0.187. The van der Waals surface area contributed by atoms with Crippen LogP contribution in [0.1, 0.15) is 28.3 Å². The lowest BCUT2D eigenvalue weighted by atomic mass is 10.1. The van der Waals surface area contributed by atoms with Gasteiger partial charge in [-0.05, 0) is 43.3 Å². The lowest BCUT2D eigenvalue weighted by molar-refractivity contribution is 0.414. The van der Waals surface area contributed by atoms with Crippen LogP contribution in [-0.2, 0) is 0 Å². The number of ether oxygens (including phenoxy) is 1. The number of nitrogens with one attached hydrogen (secondary N) is 1. The fourth-order valence-corrected chi connectivity index (χ4v) is 3.30. The maximum atomic E-state index is 6.22. The fourth-order valence-electron chi connectivity index (χ4n) is 2.06. The highest BCUT2D eigenvalue weighted by atomic mass is 35.5. The van der Waals surface area contributed by atoms with Crippen LogP contribution in [0.5, 0.6) is 5.75 Å². The standard InChI is InChI=1S/C15H18ClNOS/c1-4-17-15(14-8-5-10(2)19-14)11-6-7-13(18-3)12(16)9-11/h5-9,15,17H,4H2,1-3H3. The number of hydrogen-bond donors (Lipinski definition) is 1. The summed E-state index contributed by atoms with van der Waals surface area (Å²) in [5.74, 6) is 0.711. The van der Waals surface area contributed by atoms with Crippen molar-refractivity contribution in [2.75, 3.05) is 13.7 Å². The molecular weight excluding hydrogens is 278 g/mol. The fraction of sp³-hybridized carbons (Fsp3) is 0.333. The van der Waals surface area contributed by atoms with Crippen LogP contribution >= 0.6 is 22.9 Å². The number of thiophene rings is 1. The molecule has 1 heterocycles. The average Bonchev–Trinajstić information content (AvgIpc) is 2.82. The van der Waals surface area contributed by atoms with E-state index in [9.17, 15) is 0 Å². The number of halogens is 1. The monoisotopic (exact) mass is 295 g/mol. The second-order valence-electron chi connectivity index (χ2n) is 4.33. The lowest BCUT2D eigenvalue weighted by Gasteiger charge is -2.18. The van der Waals surface area contributed by atoms with Crippen LogP contribution in [0.3, 0.4) is 0 Å². The molecule has 0 radical (unpaired) electrons. The van der Waals surface area contributed by atoms with Gasteiger partial charge in [0, 0.05) is 9.75 Å². The van der Waals surface area contributed by atoms with Crippen molar-refractivity contribution in [2.24, 2.45) is 0 Å². The molecule has 2 aromatic rings. The zero-order valence-electron chi connectivity index (χ0n) is 11.4. The molecule has 1 aromatic heterocycles. The molecule has 0 spiro atoms. The third-order valence-electron chi connectivity index (χ3n) is 2.96. The molecule has 2 nitrogen and oxygen atoms in total. The topological polar surface area (TPSA) is 21.3 Å². The predicted octanol–water partition coefficient (Wildman–Crippen LogP) is 4.42. The first-order valence-corrected chi connectivity index (χ1v) is 7.48. The van der Waals surface area contributed by atoms with Gasteiger partial charge in [-0.25, -0.2) is 0 Å². The Kier molecular flexibility index (Phi) is 4.86. The molecule has 0 amide bonds. The summed E-state index contributed by atoms with van der Waals surface area (Å²) in [5.41, 5.74) is 1.16. The normalized spacial score (nSPS) is 12.4. The number of benzene rings is 1. The van der Waals surface area contributed by atoms with Gasteiger partial charge in [0.1, 0.15) is 5.75 Å². The van der Waals surface area contributed by atoms with Gasteiger partial charge in [-0.1, -0.05) is 24.6 Å². The van der Waals surface area contributed by atoms with Gasteiger partial charge in [0.15, 0.2) is 0 Å². The Morgan fingerprint density at radius 2 is 2.11 bits per heavy atom. The van der Waals surface area contributed by atoms with Crippen LogP contribution in [0.4, 0.5) is 0 Å². The van der Waals surface area contributed by atoms with E-state index in [4.69, 9.17) is 16.3 Å². The van der Waals surface area contributed by atoms with E-state index in [2.05, 4.69) is 37.4 Å². The van der Waals surface area contributed by atoms with E-state index in [1.807, 2.05) is 23.5 Å². The van der Waals surface area contributed by atoms with Crippen molar-refractivity contribution in [1.29, 1.82) is 0 Å². The van der Waals surface area contributed by atoms with Gasteiger partial charge in [0.2, 0.25) is 0 Å². The molecule has 1 atom stereocenters. The Morgan fingerprint density at radius 1 is 1.32 bits per heavy atom. The minimum Gasteiger partial charge on any atom is -0.495 e. The van der Waals surface area contributed by atoms with E-state index in [1.54, 1.807) is 7.11 Å². The SMILES string of the molecule is CCNC(c1ccc(OC)c(Cl)c1)c1ccc(C)s1. The molecular formula is C15H18ClNOS. The van der Waals surface area contributed by atoms with Crippen molar-refractivity contribution in [2.45, 2.75) is 19.9 Å². The van der Waals surface area contributed by atoms with Crippen molar-refractivity contribution in [3.05, 3.63) is 50.7 Å². The molecule has 0 bridgehead atoms. The van der Waals surface area contributed by atoms with E-state index >= 15 is 0 Å². The summed E-state index contributed by atoms with van der Waals surface area (Å²) in [7, 11) is 1.63. The molecule has 0 saturated carbocycles. The quantitative estimate of drug-likeness (QED) is 0.882. The summed E-state index contributed by atoms with van der Waals surface area (Å²) in [6.07, 6.45) is 0. The van der Waals surface area contributed by atoms with Gasteiger partial charge in [0.05, 0.1) is 18.2 Å². The molecule has 1 aromatic carbocycles. The van der Waals surface area contributed by atoms with Crippen LogP contribution in [0.15, 0.2) is 30.3 Å². The summed E-state index contributed by atoms with van der Waals surface area (Å²) >= 11 is 8.03. The number of rotatable bonds is 5. The maximum Gasteiger partial charge on any atom is 0.137 e. The highest BCUT2D eigenvalue weighted by molar-refractivity contribution is 7.12. The number of hydrogen-bond acceptors (Lipinski definition) is 3. The van der Waals surface area contributed by atoms with E-state index in [-0.39, 0.29) is 6.04 Å². The van der Waals surface area contributed by atoms with E-state index in [0.717, 1.165) is 12.1 Å². The second-order valence-corrected chi connectivity index (χ2v) is 6.06. The molecule has 102 valence electrons. The zero-order valence-corrected chi connectivity index (χ0v) is 12.9. The predicted molar refractivity (Wildman–Crippen MR) is 82.6 cm³/mol. The smallest absolute Gasteiger partial charge is 0.137 e. The van der Waals surface area contributed by atoms with Crippen LogP contribution in [0.2, 0.25) is 5.02 Å². The molecule has 4 heteroatoms. The van der Waals surface area contributed by atoms with Crippen LogP contribution in [0.25, 0.3) is 0 Å². The molecule has 19 heavy (non-hydrogen) atoms. The van der Waals surface area contributed by atoms with Crippen LogP contribution in [0, 0.1) is 6.92 Å². The van der Waals surface area contributed by atoms with Crippen molar-refractivity contribution < 1.29 is 4.74 Å². The van der Waals surface area contributed by atoms with Crippen LogP contribution < -0.4 is 10.1 Å². The van der Waals surface area contributed by atoms with E-state index in [0.29, 0.717) is 10.8 Å². The van der Waals surface area contributed by atoms with Gasteiger partial charge >= 0.3 is 0 Å². The van der Waals surface area contributed by atoms with Crippen LogP contribution in [-0.4, -0.2) is 13.7 Å². The Balaban J connectivity index is 2.36. The minimum atomic E-state index is 0.187. The molecule has 1 N–H and O–H groups in total. The average molecular weight is 296 g/mol. The number of aryl methyl sites for hydroxylation is 1. The summed E-state index contributed by atoms with van der Waals surface area (Å²) < 4.78 is 5.20. The molecule has 0 aliphatic carbocycles. The third-order valence-corrected chi connectivity index (χ3v) is 4.32. The lowest BCUT2D eigenvalue weighted by Crippen LogP contribution is -2.21. The summed E-state index contributed by atoms with van der Waals surface area (Å²) in [6, 6.07) is 10.5. The molecule has 0 fully saturated rings. The molecule has 2 rings (SSSR count). The summed E-state index contributed by atoms with van der Waals surface area (Å²) in [5, 5.41) is 4.15. The molecule has 0 aliphatic rings. The number of methoxy groups -OCH3 is 1. The van der Waals surface area contributed by atoms with Gasteiger partial charge in [-0.2, -0.15) is 0 Å². The molecule has 1 unspecified atom stereocenters. The van der Waals surface area contributed by atoms with Crippen molar-refractivity contribution in [1.82, 2.24) is 5.32 Å². The zero-order chi connectivity index (χ0) is 13.8. The Morgan fingerprint density at radius 3 is 2.63 bits per heavy atom. The van der Waals surface area contributed by atoms with Gasteiger partial charge in [-0.3, -0.25) is 0 Å². The molecule has 0 aliphatic heterocycles. The second kappa shape index (κ2) is 6.42. The van der Waals surface area contributed by atoms with Crippen molar-refractivity contribution in [3.8, 4) is 5.75 Å². The summed E-state index contributed by atoms with van der Waals surface area (Å²) in [4.78, 5) is 2.62. The highest BCUT2D eigenvalue weighted by Gasteiger charge is 2.16. The van der Waals surface area contributed by atoms with Gasteiger partial charge < -0.3 is 10.1 Å². The van der Waals surface area contributed by atoms with Crippen molar-refractivity contribution in [3.63, 3.8) is 0 Å².